The Kier molecular flexibility index (Phi) is 3.63. The lowest BCUT2D eigenvalue weighted by Gasteiger charge is -2.21. The minimum absolute atomic E-state index is 0.210. The molecule has 128 valence electrons. The third-order valence-electron chi connectivity index (χ3n) is 5.53. The molecule has 0 amide bonds. The largest absolute Gasteiger partial charge is 0.384 e. The van der Waals surface area contributed by atoms with Crippen molar-refractivity contribution in [2.75, 3.05) is 11.9 Å². The van der Waals surface area contributed by atoms with E-state index in [1.165, 1.54) is 37.7 Å². The van der Waals surface area contributed by atoms with Crippen molar-refractivity contribution in [3.05, 3.63) is 47.0 Å². The Labute approximate surface area is 151 Å². The molecule has 2 aromatic heterocycles. The van der Waals surface area contributed by atoms with Gasteiger partial charge in [-0.1, -0.05) is 36.9 Å². The number of hydrogen-bond donors (Lipinski definition) is 1. The number of nitrogens with one attached hydrogen (secondary N) is 1. The third-order valence-corrected chi connectivity index (χ3v) is 5.77. The molecule has 1 saturated carbocycles. The molecule has 1 unspecified atom stereocenters. The number of aromatic nitrogens is 4. The van der Waals surface area contributed by atoms with E-state index in [4.69, 9.17) is 16.7 Å². The topological polar surface area (TPSA) is 55.6 Å². The van der Waals surface area contributed by atoms with Gasteiger partial charge in [0.15, 0.2) is 5.65 Å². The molecule has 0 radical (unpaired) electrons. The maximum atomic E-state index is 6.12. The second kappa shape index (κ2) is 5.99. The van der Waals surface area contributed by atoms with Gasteiger partial charge < -0.3 is 5.32 Å². The number of fused-ring (bicyclic) bond motifs is 2. The minimum Gasteiger partial charge on any atom is -0.384 e. The van der Waals surface area contributed by atoms with Crippen LogP contribution < -0.4 is 5.32 Å². The van der Waals surface area contributed by atoms with Crippen LogP contribution in [0.1, 0.15) is 55.3 Å². The highest BCUT2D eigenvalue weighted by atomic mass is 35.5. The summed E-state index contributed by atoms with van der Waals surface area (Å²) in [7, 11) is 0. The summed E-state index contributed by atoms with van der Waals surface area (Å²) in [6.07, 6.45) is 10.2. The first kappa shape index (κ1) is 15.1. The Morgan fingerprint density at radius 2 is 2.00 bits per heavy atom. The molecule has 3 aromatic rings. The Balaban J connectivity index is 1.57. The molecule has 6 heteroatoms. The van der Waals surface area contributed by atoms with E-state index in [0.29, 0.717) is 6.04 Å². The smallest absolute Gasteiger partial charge is 0.184 e. The van der Waals surface area contributed by atoms with Crippen molar-refractivity contribution in [3.8, 4) is 0 Å². The van der Waals surface area contributed by atoms with Gasteiger partial charge in [0.1, 0.15) is 6.33 Å². The lowest BCUT2D eigenvalue weighted by atomic mass is 9.95. The van der Waals surface area contributed by atoms with Crippen molar-refractivity contribution in [1.29, 1.82) is 0 Å². The van der Waals surface area contributed by atoms with Crippen LogP contribution in [0.3, 0.4) is 0 Å². The van der Waals surface area contributed by atoms with Crippen LogP contribution in [0.15, 0.2) is 30.7 Å². The Morgan fingerprint density at radius 3 is 2.88 bits per heavy atom. The molecule has 0 spiro atoms. The normalized spacial score (nSPS) is 20.6. The van der Waals surface area contributed by atoms with Crippen LogP contribution in [0.4, 0.5) is 5.69 Å². The summed E-state index contributed by atoms with van der Waals surface area (Å²) in [5.41, 5.74) is 4.21. The van der Waals surface area contributed by atoms with Crippen LogP contribution in [-0.4, -0.2) is 26.3 Å². The fourth-order valence-electron chi connectivity index (χ4n) is 4.24. The maximum Gasteiger partial charge on any atom is 0.184 e. The number of hydrogen-bond acceptors (Lipinski definition) is 4. The minimum atomic E-state index is 0.210. The molecule has 1 atom stereocenters. The van der Waals surface area contributed by atoms with Crippen LogP contribution in [-0.2, 0) is 0 Å². The van der Waals surface area contributed by atoms with E-state index in [9.17, 15) is 0 Å². The van der Waals surface area contributed by atoms with Crippen molar-refractivity contribution in [3.63, 3.8) is 0 Å². The van der Waals surface area contributed by atoms with E-state index in [0.717, 1.165) is 34.0 Å². The molecule has 1 fully saturated rings. The fourth-order valence-corrected chi connectivity index (χ4v) is 4.41. The van der Waals surface area contributed by atoms with Gasteiger partial charge in [-0.2, -0.15) is 5.10 Å². The van der Waals surface area contributed by atoms with E-state index in [2.05, 4.69) is 32.2 Å². The van der Waals surface area contributed by atoms with Crippen LogP contribution in [0.5, 0.6) is 0 Å². The molecule has 1 aromatic carbocycles. The molecule has 1 N–H and O–H groups in total. The van der Waals surface area contributed by atoms with Gasteiger partial charge in [-0.3, -0.25) is 4.68 Å². The number of benzene rings is 1. The first-order chi connectivity index (χ1) is 12.3. The highest BCUT2D eigenvalue weighted by molar-refractivity contribution is 6.30. The average molecular weight is 354 g/mol. The zero-order valence-corrected chi connectivity index (χ0v) is 14.7. The van der Waals surface area contributed by atoms with Crippen molar-refractivity contribution >= 4 is 28.3 Å². The lowest BCUT2D eigenvalue weighted by Crippen LogP contribution is -2.13. The number of rotatable bonds is 2. The summed E-state index contributed by atoms with van der Waals surface area (Å²) in [5, 5.41) is 10.0. The highest BCUT2D eigenvalue weighted by Gasteiger charge is 2.28. The van der Waals surface area contributed by atoms with Gasteiger partial charge in [0.05, 0.1) is 17.1 Å². The molecule has 5 rings (SSSR count). The molecule has 1 aliphatic heterocycles. The van der Waals surface area contributed by atoms with E-state index in [-0.39, 0.29) is 5.92 Å². The van der Waals surface area contributed by atoms with E-state index in [1.807, 2.05) is 12.1 Å². The summed E-state index contributed by atoms with van der Waals surface area (Å²) in [6.45, 7) is 0.830. The van der Waals surface area contributed by atoms with Gasteiger partial charge in [-0.05, 0) is 30.5 Å². The fraction of sp³-hybridized carbons (Fsp3) is 0.421. The van der Waals surface area contributed by atoms with Gasteiger partial charge in [0.25, 0.3) is 0 Å². The molecule has 25 heavy (non-hydrogen) atoms. The average Bonchev–Trinajstić information content (AvgIpc) is 3.26. The summed E-state index contributed by atoms with van der Waals surface area (Å²) >= 11 is 6.12. The van der Waals surface area contributed by atoms with Crippen molar-refractivity contribution < 1.29 is 0 Å². The first-order valence-electron chi connectivity index (χ1n) is 9.02. The Morgan fingerprint density at radius 1 is 1.12 bits per heavy atom. The third kappa shape index (κ3) is 2.58. The predicted octanol–water partition coefficient (Wildman–Crippen LogP) is 4.54. The summed E-state index contributed by atoms with van der Waals surface area (Å²) in [4.78, 5) is 9.05. The number of halogens is 1. The monoisotopic (exact) mass is 353 g/mol. The summed E-state index contributed by atoms with van der Waals surface area (Å²) < 4.78 is 2.13. The maximum absolute atomic E-state index is 6.12. The molecule has 3 heterocycles. The Bertz CT molecular complexity index is 929. The van der Waals surface area contributed by atoms with Crippen molar-refractivity contribution in [1.82, 2.24) is 19.7 Å². The van der Waals surface area contributed by atoms with Gasteiger partial charge in [0.2, 0.25) is 0 Å². The highest BCUT2D eigenvalue weighted by Crippen LogP contribution is 2.39. The van der Waals surface area contributed by atoms with Gasteiger partial charge >= 0.3 is 0 Å². The number of nitrogens with zero attached hydrogens (tertiary/aromatic N) is 4. The molecule has 2 aliphatic rings. The van der Waals surface area contributed by atoms with Crippen LogP contribution >= 0.6 is 11.6 Å². The quantitative estimate of drug-likeness (QED) is 0.734. The van der Waals surface area contributed by atoms with Crippen LogP contribution in [0, 0.1) is 0 Å². The van der Waals surface area contributed by atoms with E-state index >= 15 is 0 Å². The molecule has 0 saturated heterocycles. The zero-order valence-electron chi connectivity index (χ0n) is 14.0. The van der Waals surface area contributed by atoms with E-state index < -0.39 is 0 Å². The second-order valence-electron chi connectivity index (χ2n) is 7.06. The van der Waals surface area contributed by atoms with Gasteiger partial charge in [0, 0.05) is 29.4 Å². The van der Waals surface area contributed by atoms with Crippen LogP contribution in [0.2, 0.25) is 5.02 Å². The standard InChI is InChI=1S/C19H20ClN5/c20-12-6-7-14-15(9-21-17(14)8-12)18-16-10-25(13-4-2-1-3-5-13)24-19(16)23-11-22-18/h6-8,10-11,13,15,21H,1-5,9H2. The molecule has 0 bridgehead atoms. The first-order valence-corrected chi connectivity index (χ1v) is 9.40. The molecular weight excluding hydrogens is 334 g/mol. The summed E-state index contributed by atoms with van der Waals surface area (Å²) in [6, 6.07) is 6.54. The van der Waals surface area contributed by atoms with Crippen molar-refractivity contribution in [2.24, 2.45) is 0 Å². The van der Waals surface area contributed by atoms with E-state index in [1.54, 1.807) is 6.33 Å². The SMILES string of the molecule is Clc1ccc2c(c1)NCC2c1ncnc2nn(C3CCCCC3)cc12. The van der Waals surface area contributed by atoms with Gasteiger partial charge in [-0.15, -0.1) is 0 Å². The molecule has 5 nitrogen and oxygen atoms in total. The lowest BCUT2D eigenvalue weighted by molar-refractivity contribution is 0.331. The zero-order chi connectivity index (χ0) is 16.8. The molecule has 1 aliphatic carbocycles. The van der Waals surface area contributed by atoms with Gasteiger partial charge in [-0.25, -0.2) is 9.97 Å². The molecular formula is C19H20ClN5. The number of anilines is 1. The second-order valence-corrected chi connectivity index (χ2v) is 7.50. The Hall–Kier alpha value is -2.14. The predicted molar refractivity (Wildman–Crippen MR) is 99.2 cm³/mol. The summed E-state index contributed by atoms with van der Waals surface area (Å²) in [5.74, 6) is 0.210. The van der Waals surface area contributed by atoms with Crippen LogP contribution in [0.25, 0.3) is 11.0 Å². The van der Waals surface area contributed by atoms with Crippen molar-refractivity contribution in [2.45, 2.75) is 44.1 Å².